The highest BCUT2D eigenvalue weighted by Crippen LogP contribution is 2.21. The molecule has 0 heterocycles. The fourth-order valence-electron chi connectivity index (χ4n) is 1.28. The Kier molecular flexibility index (Phi) is 6.77. The first-order valence-corrected chi connectivity index (χ1v) is 9.45. The Balaban J connectivity index is 4.26. The van der Waals surface area contributed by atoms with E-state index >= 15 is 0 Å². The molecule has 8 heteroatoms. The summed E-state index contributed by atoms with van der Waals surface area (Å²) < 4.78 is 47.4. The van der Waals surface area contributed by atoms with Crippen LogP contribution in [0.5, 0.6) is 0 Å². The highest BCUT2D eigenvalue weighted by atomic mass is 32.2. The molecule has 0 amide bonds. The van der Waals surface area contributed by atoms with Crippen LogP contribution in [0.2, 0.25) is 0 Å². The summed E-state index contributed by atoms with van der Waals surface area (Å²) in [5.74, 6) is -0.790. The minimum absolute atomic E-state index is 0.0737. The molecule has 0 unspecified atom stereocenters. The molecular formula is C10H23NO5S2. The number of hydrogen-bond donors (Lipinski definition) is 2. The van der Waals surface area contributed by atoms with Crippen molar-refractivity contribution < 1.29 is 21.9 Å². The van der Waals surface area contributed by atoms with Crippen molar-refractivity contribution in [3.8, 4) is 0 Å². The zero-order valence-electron chi connectivity index (χ0n) is 11.1. The molecule has 0 atom stereocenters. The van der Waals surface area contributed by atoms with Gasteiger partial charge in [0.1, 0.15) is 9.84 Å². The van der Waals surface area contributed by atoms with Gasteiger partial charge in [-0.1, -0.05) is 13.8 Å². The lowest BCUT2D eigenvalue weighted by atomic mass is 9.88. The third kappa shape index (κ3) is 9.81. The molecule has 0 fully saturated rings. The van der Waals surface area contributed by atoms with Crippen molar-refractivity contribution in [2.75, 3.05) is 30.9 Å². The van der Waals surface area contributed by atoms with E-state index in [4.69, 9.17) is 5.11 Å². The van der Waals surface area contributed by atoms with Crippen LogP contribution >= 0.6 is 0 Å². The average molecular weight is 301 g/mol. The van der Waals surface area contributed by atoms with Crippen molar-refractivity contribution in [1.82, 2.24) is 4.72 Å². The first-order valence-electron chi connectivity index (χ1n) is 5.73. The van der Waals surface area contributed by atoms with Gasteiger partial charge in [0, 0.05) is 19.4 Å². The number of rotatable bonds is 9. The Hall–Kier alpha value is -0.180. The average Bonchev–Trinajstić information content (AvgIpc) is 2.21. The van der Waals surface area contributed by atoms with Gasteiger partial charge in [-0.25, -0.2) is 21.6 Å². The number of sulfone groups is 1. The summed E-state index contributed by atoms with van der Waals surface area (Å²) in [6.45, 7) is 4.09. The molecule has 0 bridgehead atoms. The SMILES string of the molecule is CC(C)(CCCO)CNS(=O)(=O)CCS(C)(=O)=O. The maximum Gasteiger partial charge on any atom is 0.212 e. The molecule has 0 aromatic carbocycles. The number of nitrogens with one attached hydrogen (secondary N) is 1. The van der Waals surface area contributed by atoms with Gasteiger partial charge in [0.05, 0.1) is 11.5 Å². The van der Waals surface area contributed by atoms with Crippen LogP contribution in [-0.2, 0) is 19.9 Å². The number of sulfonamides is 1. The van der Waals surface area contributed by atoms with Crippen LogP contribution in [0.15, 0.2) is 0 Å². The first-order chi connectivity index (χ1) is 7.97. The van der Waals surface area contributed by atoms with Gasteiger partial charge < -0.3 is 5.11 Å². The molecule has 0 aliphatic carbocycles. The second-order valence-electron chi connectivity index (χ2n) is 5.26. The second kappa shape index (κ2) is 6.83. The van der Waals surface area contributed by atoms with Gasteiger partial charge in [-0.3, -0.25) is 0 Å². The van der Waals surface area contributed by atoms with E-state index in [1.165, 1.54) is 0 Å². The lowest BCUT2D eigenvalue weighted by molar-refractivity contribution is 0.242. The van der Waals surface area contributed by atoms with Crippen molar-refractivity contribution in [3.63, 3.8) is 0 Å². The van der Waals surface area contributed by atoms with Gasteiger partial charge in [0.15, 0.2) is 0 Å². The summed E-state index contributed by atoms with van der Waals surface area (Å²) in [6.07, 6.45) is 2.31. The summed E-state index contributed by atoms with van der Waals surface area (Å²) in [5, 5.41) is 8.73. The predicted molar refractivity (Wildman–Crippen MR) is 71.6 cm³/mol. The Morgan fingerprint density at radius 2 is 1.67 bits per heavy atom. The molecular weight excluding hydrogens is 278 g/mol. The Morgan fingerprint density at radius 3 is 2.11 bits per heavy atom. The Morgan fingerprint density at radius 1 is 1.11 bits per heavy atom. The normalized spacial score (nSPS) is 13.8. The molecule has 0 saturated heterocycles. The third-order valence-corrected chi connectivity index (χ3v) is 5.04. The molecule has 6 nitrogen and oxygen atoms in total. The Labute approximate surface area is 110 Å². The maximum absolute atomic E-state index is 11.6. The van der Waals surface area contributed by atoms with Gasteiger partial charge in [0.25, 0.3) is 0 Å². The van der Waals surface area contributed by atoms with Crippen molar-refractivity contribution in [1.29, 1.82) is 0 Å². The van der Waals surface area contributed by atoms with Crippen LogP contribution in [0.4, 0.5) is 0 Å². The molecule has 0 saturated carbocycles. The second-order valence-corrected chi connectivity index (χ2v) is 9.45. The van der Waals surface area contributed by atoms with Gasteiger partial charge >= 0.3 is 0 Å². The summed E-state index contributed by atoms with van der Waals surface area (Å²) in [6, 6.07) is 0. The molecule has 0 radical (unpaired) electrons. The molecule has 18 heavy (non-hydrogen) atoms. The van der Waals surface area contributed by atoms with E-state index in [0.717, 1.165) is 6.26 Å². The first kappa shape index (κ1) is 17.8. The van der Waals surface area contributed by atoms with Crippen LogP contribution in [-0.4, -0.2) is 52.9 Å². The van der Waals surface area contributed by atoms with Crippen LogP contribution in [0.3, 0.4) is 0 Å². The quantitative estimate of drug-likeness (QED) is 0.611. The lowest BCUT2D eigenvalue weighted by Crippen LogP contribution is -2.36. The molecule has 0 aromatic heterocycles. The topological polar surface area (TPSA) is 101 Å². The van der Waals surface area contributed by atoms with Gasteiger partial charge in [-0.2, -0.15) is 0 Å². The van der Waals surface area contributed by atoms with E-state index in [2.05, 4.69) is 4.72 Å². The molecule has 0 aromatic rings. The molecule has 110 valence electrons. The summed E-state index contributed by atoms with van der Waals surface area (Å²) in [7, 11) is -6.84. The van der Waals surface area contributed by atoms with E-state index in [-0.39, 0.29) is 24.3 Å². The summed E-state index contributed by atoms with van der Waals surface area (Å²) in [5.41, 5.74) is -0.263. The van der Waals surface area contributed by atoms with E-state index in [0.29, 0.717) is 12.8 Å². The minimum atomic E-state index is -3.56. The fraction of sp³-hybridized carbons (Fsp3) is 1.00. The highest BCUT2D eigenvalue weighted by Gasteiger charge is 2.21. The highest BCUT2D eigenvalue weighted by molar-refractivity contribution is 7.93. The van der Waals surface area contributed by atoms with E-state index in [9.17, 15) is 16.8 Å². The van der Waals surface area contributed by atoms with Crippen LogP contribution < -0.4 is 4.72 Å². The van der Waals surface area contributed by atoms with Gasteiger partial charge in [-0.05, 0) is 18.3 Å². The molecule has 0 rings (SSSR count). The van der Waals surface area contributed by atoms with E-state index in [1.807, 2.05) is 13.8 Å². The molecule has 0 aliphatic heterocycles. The number of aliphatic hydroxyl groups is 1. The third-order valence-electron chi connectivity index (χ3n) is 2.51. The minimum Gasteiger partial charge on any atom is -0.396 e. The smallest absolute Gasteiger partial charge is 0.212 e. The number of hydrogen-bond acceptors (Lipinski definition) is 5. The zero-order valence-corrected chi connectivity index (χ0v) is 12.8. The van der Waals surface area contributed by atoms with E-state index in [1.54, 1.807) is 0 Å². The maximum atomic E-state index is 11.6. The molecule has 2 N–H and O–H groups in total. The standard InChI is InChI=1S/C10H23NO5S2/c1-10(2,5-4-6-12)9-11-18(15,16)8-7-17(3,13)14/h11-12H,4-9H2,1-3H3. The molecule has 0 spiro atoms. The van der Waals surface area contributed by atoms with Crippen molar-refractivity contribution in [2.45, 2.75) is 26.7 Å². The monoisotopic (exact) mass is 301 g/mol. The largest absolute Gasteiger partial charge is 0.396 e. The van der Waals surface area contributed by atoms with Crippen molar-refractivity contribution in [2.24, 2.45) is 5.41 Å². The predicted octanol–water partition coefficient (Wildman–Crippen LogP) is -0.251. The fourth-order valence-corrected chi connectivity index (χ4v) is 4.13. The van der Waals surface area contributed by atoms with Crippen LogP contribution in [0.25, 0.3) is 0 Å². The van der Waals surface area contributed by atoms with Gasteiger partial charge in [-0.15, -0.1) is 0 Å². The van der Waals surface area contributed by atoms with E-state index < -0.39 is 25.6 Å². The zero-order chi connectivity index (χ0) is 14.4. The van der Waals surface area contributed by atoms with Crippen LogP contribution in [0.1, 0.15) is 26.7 Å². The van der Waals surface area contributed by atoms with Crippen LogP contribution in [0, 0.1) is 5.41 Å². The number of aliphatic hydroxyl groups excluding tert-OH is 1. The molecule has 0 aliphatic rings. The Bertz CT molecular complexity index is 439. The lowest BCUT2D eigenvalue weighted by Gasteiger charge is -2.24. The van der Waals surface area contributed by atoms with Crippen molar-refractivity contribution >= 4 is 19.9 Å². The van der Waals surface area contributed by atoms with Crippen molar-refractivity contribution in [3.05, 3.63) is 0 Å². The van der Waals surface area contributed by atoms with Gasteiger partial charge in [0.2, 0.25) is 10.0 Å². The summed E-state index contributed by atoms with van der Waals surface area (Å²) >= 11 is 0. The summed E-state index contributed by atoms with van der Waals surface area (Å²) in [4.78, 5) is 0.